The minimum absolute atomic E-state index is 0.0633. The smallest absolute Gasteiger partial charge is 0.127 e. The van der Waals surface area contributed by atoms with E-state index in [0.29, 0.717) is 5.92 Å². The summed E-state index contributed by atoms with van der Waals surface area (Å²) >= 11 is 0. The van der Waals surface area contributed by atoms with Crippen molar-refractivity contribution in [2.24, 2.45) is 5.92 Å². The first-order valence-corrected chi connectivity index (χ1v) is 6.04. The van der Waals surface area contributed by atoms with E-state index in [1.807, 2.05) is 0 Å². The zero-order valence-corrected chi connectivity index (χ0v) is 9.78. The number of carbonyl (C=O) groups is 1. The van der Waals surface area contributed by atoms with Gasteiger partial charge in [-0.15, -0.1) is 0 Å². The first kappa shape index (κ1) is 11.3. The lowest BCUT2D eigenvalue weighted by Crippen LogP contribution is -2.33. The van der Waals surface area contributed by atoms with Gasteiger partial charge in [-0.1, -0.05) is 29.8 Å². The fraction of sp³-hybridized carbons (Fsp3) is 0.500. The van der Waals surface area contributed by atoms with Crippen molar-refractivity contribution < 1.29 is 4.79 Å². The summed E-state index contributed by atoms with van der Waals surface area (Å²) in [5.74, 6) is 0.530. The molecule has 0 saturated carbocycles. The van der Waals surface area contributed by atoms with Crippen LogP contribution >= 0.6 is 0 Å². The predicted octanol–water partition coefficient (Wildman–Crippen LogP) is 2.28. The summed E-state index contributed by atoms with van der Waals surface area (Å²) in [5.41, 5.74) is 2.41. The zero-order chi connectivity index (χ0) is 11.4. The fourth-order valence-electron chi connectivity index (χ4n) is 2.44. The number of rotatable bonds is 3. The Morgan fingerprint density at radius 1 is 1.38 bits per heavy atom. The molecule has 16 heavy (non-hydrogen) atoms. The number of benzene rings is 1. The first-order valence-electron chi connectivity index (χ1n) is 6.04. The van der Waals surface area contributed by atoms with Gasteiger partial charge in [-0.2, -0.15) is 0 Å². The van der Waals surface area contributed by atoms with Crippen molar-refractivity contribution in [3.63, 3.8) is 0 Å². The lowest BCUT2D eigenvalue weighted by molar-refractivity contribution is -0.110. The molecule has 1 aromatic carbocycles. The molecule has 2 heteroatoms. The summed E-state index contributed by atoms with van der Waals surface area (Å²) in [5, 5.41) is 3.37. The van der Waals surface area contributed by atoms with Gasteiger partial charge in [-0.25, -0.2) is 0 Å². The molecular weight excluding hydrogens is 198 g/mol. The highest BCUT2D eigenvalue weighted by molar-refractivity contribution is 5.62. The van der Waals surface area contributed by atoms with Gasteiger partial charge in [0.05, 0.1) is 0 Å². The standard InChI is InChI=1S/C14H19NO/c1-11-4-6-12(7-5-11)14(10-16)13-3-2-8-15-9-13/h4-7,10,13-15H,2-3,8-9H2,1H3. The van der Waals surface area contributed by atoms with Crippen LogP contribution in [0.3, 0.4) is 0 Å². The molecule has 2 rings (SSSR count). The highest BCUT2D eigenvalue weighted by Crippen LogP contribution is 2.27. The van der Waals surface area contributed by atoms with E-state index in [9.17, 15) is 4.79 Å². The van der Waals surface area contributed by atoms with Crippen LogP contribution < -0.4 is 5.32 Å². The Kier molecular flexibility index (Phi) is 3.73. The molecule has 1 heterocycles. The summed E-state index contributed by atoms with van der Waals surface area (Å²) < 4.78 is 0. The van der Waals surface area contributed by atoms with E-state index in [1.165, 1.54) is 12.0 Å². The van der Waals surface area contributed by atoms with Crippen LogP contribution in [0.15, 0.2) is 24.3 Å². The number of aldehydes is 1. The van der Waals surface area contributed by atoms with Crippen molar-refractivity contribution in [2.75, 3.05) is 13.1 Å². The average Bonchev–Trinajstić information content (AvgIpc) is 2.34. The maximum absolute atomic E-state index is 11.3. The van der Waals surface area contributed by atoms with Crippen LogP contribution in [0.25, 0.3) is 0 Å². The second-order valence-electron chi connectivity index (χ2n) is 4.68. The topological polar surface area (TPSA) is 29.1 Å². The third-order valence-electron chi connectivity index (χ3n) is 3.45. The Morgan fingerprint density at radius 3 is 2.69 bits per heavy atom. The molecule has 0 radical (unpaired) electrons. The van der Waals surface area contributed by atoms with Gasteiger partial charge in [0.25, 0.3) is 0 Å². The van der Waals surface area contributed by atoms with Crippen molar-refractivity contribution in [1.82, 2.24) is 5.32 Å². The van der Waals surface area contributed by atoms with E-state index in [2.05, 4.69) is 36.5 Å². The zero-order valence-electron chi connectivity index (χ0n) is 9.78. The van der Waals surface area contributed by atoms with Crippen LogP contribution in [0.5, 0.6) is 0 Å². The monoisotopic (exact) mass is 217 g/mol. The maximum atomic E-state index is 11.3. The van der Waals surface area contributed by atoms with Gasteiger partial charge in [-0.3, -0.25) is 0 Å². The van der Waals surface area contributed by atoms with E-state index in [1.54, 1.807) is 0 Å². The average molecular weight is 217 g/mol. The SMILES string of the molecule is Cc1ccc(C(C=O)C2CCCNC2)cc1. The maximum Gasteiger partial charge on any atom is 0.127 e. The third-order valence-corrected chi connectivity index (χ3v) is 3.45. The van der Waals surface area contributed by atoms with E-state index in [0.717, 1.165) is 31.4 Å². The van der Waals surface area contributed by atoms with E-state index in [-0.39, 0.29) is 5.92 Å². The van der Waals surface area contributed by atoms with Crippen LogP contribution in [0.1, 0.15) is 29.9 Å². The van der Waals surface area contributed by atoms with Gasteiger partial charge in [0.15, 0.2) is 0 Å². The van der Waals surface area contributed by atoms with Crippen molar-refractivity contribution in [3.05, 3.63) is 35.4 Å². The summed E-state index contributed by atoms with van der Waals surface area (Å²) in [6.07, 6.45) is 3.45. The summed E-state index contributed by atoms with van der Waals surface area (Å²) in [4.78, 5) is 11.3. The molecule has 1 saturated heterocycles. The Morgan fingerprint density at radius 2 is 2.12 bits per heavy atom. The minimum atomic E-state index is 0.0633. The second-order valence-corrected chi connectivity index (χ2v) is 4.68. The molecule has 2 nitrogen and oxygen atoms in total. The molecule has 2 unspecified atom stereocenters. The van der Waals surface area contributed by atoms with Crippen molar-refractivity contribution >= 4 is 6.29 Å². The summed E-state index contributed by atoms with van der Waals surface area (Å²) in [6.45, 7) is 4.13. The molecular formula is C14H19NO. The molecule has 1 aliphatic heterocycles. The lowest BCUT2D eigenvalue weighted by atomic mass is 9.82. The summed E-state index contributed by atoms with van der Waals surface area (Å²) in [7, 11) is 0. The largest absolute Gasteiger partial charge is 0.316 e. The molecule has 2 atom stereocenters. The molecule has 1 aromatic rings. The number of nitrogens with one attached hydrogen (secondary N) is 1. The first-order chi connectivity index (χ1) is 7.81. The van der Waals surface area contributed by atoms with Crippen LogP contribution in [0.2, 0.25) is 0 Å². The van der Waals surface area contributed by atoms with Crippen molar-refractivity contribution in [1.29, 1.82) is 0 Å². The highest BCUT2D eigenvalue weighted by Gasteiger charge is 2.24. The second kappa shape index (κ2) is 5.26. The number of hydrogen-bond acceptors (Lipinski definition) is 2. The number of aryl methyl sites for hydroxylation is 1. The molecule has 0 aliphatic carbocycles. The van der Waals surface area contributed by atoms with Crippen LogP contribution in [0, 0.1) is 12.8 Å². The Labute approximate surface area is 97.1 Å². The predicted molar refractivity (Wildman–Crippen MR) is 65.6 cm³/mol. The molecule has 1 aliphatic rings. The molecule has 0 spiro atoms. The van der Waals surface area contributed by atoms with Gasteiger partial charge in [0.1, 0.15) is 6.29 Å². The number of hydrogen-bond donors (Lipinski definition) is 1. The normalized spacial score (nSPS) is 22.7. The molecule has 86 valence electrons. The van der Waals surface area contributed by atoms with Crippen LogP contribution in [-0.2, 0) is 4.79 Å². The third kappa shape index (κ3) is 2.50. The van der Waals surface area contributed by atoms with Gasteiger partial charge in [0, 0.05) is 5.92 Å². The number of piperidine rings is 1. The quantitative estimate of drug-likeness (QED) is 0.787. The molecule has 1 fully saturated rings. The summed E-state index contributed by atoms with van der Waals surface area (Å²) in [6, 6.07) is 8.34. The van der Waals surface area contributed by atoms with E-state index >= 15 is 0 Å². The Balaban J connectivity index is 2.14. The van der Waals surface area contributed by atoms with Gasteiger partial charge in [-0.05, 0) is 44.3 Å². The fourth-order valence-corrected chi connectivity index (χ4v) is 2.44. The lowest BCUT2D eigenvalue weighted by Gasteiger charge is -2.27. The van der Waals surface area contributed by atoms with E-state index < -0.39 is 0 Å². The molecule has 1 N–H and O–H groups in total. The van der Waals surface area contributed by atoms with E-state index in [4.69, 9.17) is 0 Å². The van der Waals surface area contributed by atoms with Crippen molar-refractivity contribution in [3.8, 4) is 0 Å². The van der Waals surface area contributed by atoms with Gasteiger partial charge < -0.3 is 10.1 Å². The molecule has 0 aromatic heterocycles. The Bertz CT molecular complexity index is 338. The molecule has 0 bridgehead atoms. The van der Waals surface area contributed by atoms with Gasteiger partial charge >= 0.3 is 0 Å². The number of carbonyl (C=O) groups excluding carboxylic acids is 1. The van der Waals surface area contributed by atoms with Crippen LogP contribution in [0.4, 0.5) is 0 Å². The van der Waals surface area contributed by atoms with Gasteiger partial charge in [0.2, 0.25) is 0 Å². The highest BCUT2D eigenvalue weighted by atomic mass is 16.1. The van der Waals surface area contributed by atoms with Crippen LogP contribution in [-0.4, -0.2) is 19.4 Å². The van der Waals surface area contributed by atoms with Crippen molar-refractivity contribution in [2.45, 2.75) is 25.7 Å². The minimum Gasteiger partial charge on any atom is -0.316 e. The Hall–Kier alpha value is -1.15. The molecule has 0 amide bonds.